The third-order valence-corrected chi connectivity index (χ3v) is 6.44. The van der Waals surface area contributed by atoms with Crippen LogP contribution in [0.2, 0.25) is 0 Å². The van der Waals surface area contributed by atoms with Crippen LogP contribution in [0.5, 0.6) is 0 Å². The van der Waals surface area contributed by atoms with Crippen molar-refractivity contribution in [2.45, 2.75) is 44.4 Å². The maximum Gasteiger partial charge on any atom is 0.252 e. The van der Waals surface area contributed by atoms with Gasteiger partial charge in [-0.3, -0.25) is 4.79 Å². The molecule has 1 amide bonds. The Morgan fingerprint density at radius 2 is 2.12 bits per heavy atom. The van der Waals surface area contributed by atoms with Crippen molar-refractivity contribution in [3.8, 4) is 0 Å². The number of nitrogens with one attached hydrogen (secondary N) is 1. The fraction of sp³-hybridized carbons (Fsp3) is 0.400. The topological polar surface area (TPSA) is 61.7 Å². The number of nitrogens with zero attached hydrogens (tertiary/aromatic N) is 1. The van der Waals surface area contributed by atoms with E-state index in [1.54, 1.807) is 0 Å². The van der Waals surface area contributed by atoms with Gasteiger partial charge in [0.25, 0.3) is 5.91 Å². The fourth-order valence-electron chi connectivity index (χ4n) is 4.08. The zero-order chi connectivity index (χ0) is 17.2. The molecule has 2 aliphatic carbocycles. The van der Waals surface area contributed by atoms with E-state index < -0.39 is 0 Å². The Kier molecular flexibility index (Phi) is 4.57. The molecule has 0 saturated carbocycles. The zero-order valence-corrected chi connectivity index (χ0v) is 14.9. The Morgan fingerprint density at radius 1 is 1.24 bits per heavy atom. The van der Waals surface area contributed by atoms with Crippen LogP contribution in [0, 0.1) is 0 Å². The highest BCUT2D eigenvalue weighted by Gasteiger charge is 2.25. The third-order valence-electron chi connectivity index (χ3n) is 5.36. The maximum absolute atomic E-state index is 12.7. The summed E-state index contributed by atoms with van der Waals surface area (Å²) in [7, 11) is 0. The molecule has 1 heterocycles. The lowest BCUT2D eigenvalue weighted by atomic mass is 9.83. The van der Waals surface area contributed by atoms with Gasteiger partial charge in [0.05, 0.1) is 16.2 Å². The molecular formula is C20H22N2O2S. The highest BCUT2D eigenvalue weighted by Crippen LogP contribution is 2.32. The fourth-order valence-corrected chi connectivity index (χ4v) is 5.20. The number of carbonyl (C=O) groups is 1. The summed E-state index contributed by atoms with van der Waals surface area (Å²) >= 11 is 1.51. The summed E-state index contributed by atoms with van der Waals surface area (Å²) in [4.78, 5) is 13.7. The smallest absolute Gasteiger partial charge is 0.252 e. The minimum atomic E-state index is -0.000237. The molecule has 1 aromatic heterocycles. The highest BCUT2D eigenvalue weighted by molar-refractivity contribution is 7.12. The Morgan fingerprint density at radius 3 is 3.00 bits per heavy atom. The van der Waals surface area contributed by atoms with E-state index in [0.717, 1.165) is 48.1 Å². The van der Waals surface area contributed by atoms with E-state index in [2.05, 4.69) is 34.7 Å². The van der Waals surface area contributed by atoms with E-state index in [4.69, 9.17) is 5.21 Å². The van der Waals surface area contributed by atoms with Crippen LogP contribution in [0.1, 0.15) is 63.5 Å². The summed E-state index contributed by atoms with van der Waals surface area (Å²) in [6.45, 7) is 0.682. The highest BCUT2D eigenvalue weighted by atomic mass is 32.1. The number of fused-ring (bicyclic) bond motifs is 2. The number of amides is 1. The number of rotatable bonds is 3. The van der Waals surface area contributed by atoms with Gasteiger partial charge in [0.15, 0.2) is 0 Å². The first-order valence-corrected chi connectivity index (χ1v) is 9.83. The van der Waals surface area contributed by atoms with Gasteiger partial charge < -0.3 is 10.5 Å². The lowest BCUT2D eigenvalue weighted by Crippen LogP contribution is -2.30. The van der Waals surface area contributed by atoms with E-state index in [0.29, 0.717) is 18.2 Å². The van der Waals surface area contributed by atoms with Crippen LogP contribution >= 0.6 is 11.3 Å². The molecule has 1 unspecified atom stereocenters. The molecule has 1 aromatic carbocycles. The molecule has 2 aliphatic rings. The SMILES string of the molecule is O=C(NCC1CCCc2ccccc21)c1csc2c1CCC/C2=N/O. The van der Waals surface area contributed by atoms with Gasteiger partial charge in [-0.1, -0.05) is 29.4 Å². The van der Waals surface area contributed by atoms with E-state index in [1.165, 1.54) is 28.9 Å². The molecule has 0 saturated heterocycles. The zero-order valence-electron chi connectivity index (χ0n) is 14.1. The van der Waals surface area contributed by atoms with Crippen LogP contribution in [0.15, 0.2) is 34.8 Å². The summed E-state index contributed by atoms with van der Waals surface area (Å²) in [6.07, 6.45) is 6.04. The standard InChI is InChI=1S/C20H22N2O2S/c23-20(17-12-25-19-16(17)9-4-10-18(19)22-24)21-11-14-7-3-6-13-5-1-2-8-15(13)14/h1-2,5,8,12,14,24H,3-4,6-7,9-11H2,(H,21,23)/b22-18-. The van der Waals surface area contributed by atoms with E-state index in [9.17, 15) is 4.79 Å². The Bertz CT molecular complexity index is 825. The number of hydrogen-bond donors (Lipinski definition) is 2. The summed E-state index contributed by atoms with van der Waals surface area (Å²) in [6, 6.07) is 8.58. The summed E-state index contributed by atoms with van der Waals surface area (Å²) < 4.78 is 0. The van der Waals surface area contributed by atoms with Gasteiger partial charge in [-0.05, 0) is 55.2 Å². The molecule has 25 heavy (non-hydrogen) atoms. The number of thiophene rings is 1. The van der Waals surface area contributed by atoms with Gasteiger partial charge in [0.1, 0.15) is 0 Å². The van der Waals surface area contributed by atoms with Crippen LogP contribution in [0.25, 0.3) is 0 Å². The predicted octanol–water partition coefficient (Wildman–Crippen LogP) is 4.11. The Balaban J connectivity index is 1.48. The normalized spacial score (nSPS) is 20.8. The molecule has 2 aromatic rings. The summed E-state index contributed by atoms with van der Waals surface area (Å²) in [5.41, 5.74) is 5.32. The van der Waals surface area contributed by atoms with Crippen LogP contribution in [0.3, 0.4) is 0 Å². The molecule has 0 bridgehead atoms. The van der Waals surface area contributed by atoms with Gasteiger partial charge in [0.2, 0.25) is 0 Å². The van der Waals surface area contributed by atoms with Crippen molar-refractivity contribution in [1.82, 2.24) is 5.32 Å². The lowest BCUT2D eigenvalue weighted by molar-refractivity contribution is 0.0949. The molecule has 0 aliphatic heterocycles. The summed E-state index contributed by atoms with van der Waals surface area (Å²) in [5, 5.41) is 17.6. The number of carbonyl (C=O) groups excluding carboxylic acids is 1. The first kappa shape index (κ1) is 16.3. The molecule has 4 nitrogen and oxygen atoms in total. The quantitative estimate of drug-likeness (QED) is 0.643. The number of hydrogen-bond acceptors (Lipinski definition) is 4. The number of aryl methyl sites for hydroxylation is 1. The average molecular weight is 354 g/mol. The van der Waals surface area contributed by atoms with Gasteiger partial charge in [-0.15, -0.1) is 11.3 Å². The second-order valence-electron chi connectivity index (χ2n) is 6.86. The molecule has 1 atom stereocenters. The van der Waals surface area contributed by atoms with Crippen molar-refractivity contribution in [3.63, 3.8) is 0 Å². The van der Waals surface area contributed by atoms with Gasteiger partial charge in [0, 0.05) is 17.8 Å². The number of oxime groups is 1. The second-order valence-corrected chi connectivity index (χ2v) is 7.73. The average Bonchev–Trinajstić information content (AvgIpc) is 3.10. The largest absolute Gasteiger partial charge is 0.411 e. The molecule has 0 spiro atoms. The van der Waals surface area contributed by atoms with Crippen molar-refractivity contribution in [2.75, 3.05) is 6.54 Å². The van der Waals surface area contributed by atoms with Gasteiger partial charge >= 0.3 is 0 Å². The van der Waals surface area contributed by atoms with Crippen LogP contribution in [-0.4, -0.2) is 23.4 Å². The second kappa shape index (κ2) is 7.00. The lowest BCUT2D eigenvalue weighted by Gasteiger charge is -2.25. The molecule has 130 valence electrons. The van der Waals surface area contributed by atoms with Crippen molar-refractivity contribution in [2.24, 2.45) is 5.16 Å². The molecule has 2 N–H and O–H groups in total. The molecular weight excluding hydrogens is 332 g/mol. The molecule has 5 heteroatoms. The molecule has 0 radical (unpaired) electrons. The molecule has 4 rings (SSSR count). The summed E-state index contributed by atoms with van der Waals surface area (Å²) in [5.74, 6) is 0.401. The van der Waals surface area contributed by atoms with Crippen LogP contribution in [-0.2, 0) is 12.8 Å². The predicted molar refractivity (Wildman–Crippen MR) is 100 cm³/mol. The van der Waals surface area contributed by atoms with Crippen LogP contribution in [0.4, 0.5) is 0 Å². The van der Waals surface area contributed by atoms with Crippen LogP contribution < -0.4 is 5.32 Å². The first-order valence-electron chi connectivity index (χ1n) is 8.95. The monoisotopic (exact) mass is 354 g/mol. The van der Waals surface area contributed by atoms with E-state index >= 15 is 0 Å². The van der Waals surface area contributed by atoms with Crippen molar-refractivity contribution in [1.29, 1.82) is 0 Å². The van der Waals surface area contributed by atoms with Gasteiger partial charge in [-0.2, -0.15) is 0 Å². The van der Waals surface area contributed by atoms with Crippen molar-refractivity contribution >= 4 is 23.0 Å². The maximum atomic E-state index is 12.7. The Labute approximate surface area is 151 Å². The minimum absolute atomic E-state index is 0.000237. The first-order chi connectivity index (χ1) is 12.3. The Hall–Kier alpha value is -2.14. The van der Waals surface area contributed by atoms with E-state index in [1.807, 2.05) is 5.38 Å². The van der Waals surface area contributed by atoms with Crippen molar-refractivity contribution < 1.29 is 10.0 Å². The minimum Gasteiger partial charge on any atom is -0.411 e. The number of benzene rings is 1. The van der Waals surface area contributed by atoms with E-state index in [-0.39, 0.29) is 5.91 Å². The molecule has 0 fully saturated rings. The van der Waals surface area contributed by atoms with Crippen molar-refractivity contribution in [3.05, 3.63) is 56.8 Å². The third kappa shape index (κ3) is 3.09. The van der Waals surface area contributed by atoms with Gasteiger partial charge in [-0.25, -0.2) is 0 Å².